The van der Waals surface area contributed by atoms with Gasteiger partial charge in [0, 0.05) is 18.9 Å². The smallest absolute Gasteiger partial charge is 0.324 e. The Kier molecular flexibility index (Phi) is 3.53. The van der Waals surface area contributed by atoms with Crippen molar-refractivity contribution in [2.45, 2.75) is 30.9 Å². The van der Waals surface area contributed by atoms with E-state index in [1.165, 1.54) is 0 Å². The zero-order valence-electron chi connectivity index (χ0n) is 8.70. The van der Waals surface area contributed by atoms with E-state index in [0.29, 0.717) is 12.3 Å². The van der Waals surface area contributed by atoms with Crippen LogP contribution in [0, 0.1) is 0 Å². The van der Waals surface area contributed by atoms with Crippen molar-refractivity contribution in [3.8, 4) is 0 Å². The van der Waals surface area contributed by atoms with Crippen molar-refractivity contribution < 1.29 is 14.6 Å². The quantitative estimate of drug-likeness (QED) is 0.746. The van der Waals surface area contributed by atoms with Crippen LogP contribution in [0.2, 0.25) is 0 Å². The second-order valence-corrected chi connectivity index (χ2v) is 5.31. The fourth-order valence-corrected chi connectivity index (χ4v) is 3.42. The Morgan fingerprint density at radius 2 is 2.53 bits per heavy atom. The van der Waals surface area contributed by atoms with Gasteiger partial charge < -0.3 is 9.84 Å². The van der Waals surface area contributed by atoms with Crippen LogP contribution in [0.1, 0.15) is 19.3 Å². The minimum atomic E-state index is -0.717. The van der Waals surface area contributed by atoms with Gasteiger partial charge in [-0.3, -0.25) is 10.1 Å². The molecule has 0 radical (unpaired) electrons. The second kappa shape index (κ2) is 4.72. The van der Waals surface area contributed by atoms with Crippen LogP contribution < -0.4 is 5.32 Å². The first kappa shape index (κ1) is 11.2. The standard InChI is InChI=1S/C10H17NO3S/c12-9(13)10(3-5-15-7-10)11-6-8-2-1-4-14-8/h8,11H,1-7H2,(H,12,13). The van der Waals surface area contributed by atoms with E-state index in [9.17, 15) is 9.90 Å². The number of aliphatic carboxylic acids is 1. The van der Waals surface area contributed by atoms with Crippen LogP contribution in [0.4, 0.5) is 0 Å². The summed E-state index contributed by atoms with van der Waals surface area (Å²) in [5.41, 5.74) is -0.698. The lowest BCUT2D eigenvalue weighted by Crippen LogP contribution is -2.54. The maximum atomic E-state index is 11.2. The molecule has 0 aromatic rings. The summed E-state index contributed by atoms with van der Waals surface area (Å²) in [6, 6.07) is 0. The lowest BCUT2D eigenvalue weighted by atomic mass is 9.99. The summed E-state index contributed by atoms with van der Waals surface area (Å²) in [7, 11) is 0. The van der Waals surface area contributed by atoms with E-state index < -0.39 is 11.5 Å². The van der Waals surface area contributed by atoms with E-state index in [4.69, 9.17) is 4.74 Å². The molecule has 4 nitrogen and oxygen atoms in total. The highest BCUT2D eigenvalue weighted by atomic mass is 32.2. The molecule has 0 spiro atoms. The number of hydrogen-bond donors (Lipinski definition) is 2. The van der Waals surface area contributed by atoms with Crippen LogP contribution >= 0.6 is 11.8 Å². The third kappa shape index (κ3) is 2.46. The van der Waals surface area contributed by atoms with Gasteiger partial charge in [-0.15, -0.1) is 0 Å². The molecule has 5 heteroatoms. The maximum absolute atomic E-state index is 11.2. The van der Waals surface area contributed by atoms with Crippen LogP contribution in [0.5, 0.6) is 0 Å². The van der Waals surface area contributed by atoms with Crippen LogP contribution in [-0.2, 0) is 9.53 Å². The highest BCUT2D eigenvalue weighted by Crippen LogP contribution is 2.28. The number of hydrogen-bond acceptors (Lipinski definition) is 4. The largest absolute Gasteiger partial charge is 0.480 e. The van der Waals surface area contributed by atoms with E-state index in [-0.39, 0.29) is 6.10 Å². The summed E-state index contributed by atoms with van der Waals surface area (Å²) in [6.07, 6.45) is 3.09. The summed E-state index contributed by atoms with van der Waals surface area (Å²) in [6.45, 7) is 1.49. The second-order valence-electron chi connectivity index (χ2n) is 4.21. The molecule has 2 atom stereocenters. The molecule has 2 rings (SSSR count). The van der Waals surface area contributed by atoms with E-state index in [1.807, 2.05) is 0 Å². The molecule has 0 bridgehead atoms. The molecule has 15 heavy (non-hydrogen) atoms. The number of thioether (sulfide) groups is 1. The molecule has 2 fully saturated rings. The summed E-state index contributed by atoms with van der Waals surface area (Å²) >= 11 is 1.71. The number of nitrogens with one attached hydrogen (secondary N) is 1. The summed E-state index contributed by atoms with van der Waals surface area (Å²) in [5, 5.41) is 12.4. The molecule has 0 aliphatic carbocycles. The molecule has 0 saturated carbocycles. The third-order valence-corrected chi connectivity index (χ3v) is 4.31. The van der Waals surface area contributed by atoms with Crippen molar-refractivity contribution in [3.63, 3.8) is 0 Å². The summed E-state index contributed by atoms with van der Waals surface area (Å²) in [4.78, 5) is 11.2. The monoisotopic (exact) mass is 231 g/mol. The first-order chi connectivity index (χ1) is 7.23. The number of carbonyl (C=O) groups is 1. The normalized spacial score (nSPS) is 35.9. The predicted molar refractivity (Wildman–Crippen MR) is 59.3 cm³/mol. The number of rotatable bonds is 4. The predicted octanol–water partition coefficient (Wildman–Crippen LogP) is 0.715. The summed E-state index contributed by atoms with van der Waals surface area (Å²) < 4.78 is 5.48. The van der Waals surface area contributed by atoms with Gasteiger partial charge in [0.15, 0.2) is 0 Å². The Hall–Kier alpha value is -0.260. The fraction of sp³-hybridized carbons (Fsp3) is 0.900. The summed E-state index contributed by atoms with van der Waals surface area (Å²) in [5.74, 6) is 0.894. The molecule has 2 heterocycles. The van der Waals surface area contributed by atoms with Gasteiger partial charge >= 0.3 is 5.97 Å². The molecular weight excluding hydrogens is 214 g/mol. The average molecular weight is 231 g/mol. The van der Waals surface area contributed by atoms with E-state index in [2.05, 4.69) is 5.32 Å². The van der Waals surface area contributed by atoms with Crippen molar-refractivity contribution >= 4 is 17.7 Å². The molecule has 2 aliphatic rings. The topological polar surface area (TPSA) is 58.6 Å². The lowest BCUT2D eigenvalue weighted by Gasteiger charge is -2.26. The van der Waals surface area contributed by atoms with E-state index >= 15 is 0 Å². The molecular formula is C10H17NO3S. The van der Waals surface area contributed by atoms with Crippen LogP contribution in [0.25, 0.3) is 0 Å². The zero-order valence-corrected chi connectivity index (χ0v) is 9.52. The molecule has 0 aromatic heterocycles. The van der Waals surface area contributed by atoms with Gasteiger partial charge in [-0.05, 0) is 25.0 Å². The molecule has 2 saturated heterocycles. The van der Waals surface area contributed by atoms with E-state index in [0.717, 1.165) is 31.6 Å². The maximum Gasteiger partial charge on any atom is 0.324 e. The Morgan fingerprint density at radius 3 is 3.07 bits per heavy atom. The fourth-order valence-electron chi connectivity index (χ4n) is 2.06. The molecule has 2 aliphatic heterocycles. The van der Waals surface area contributed by atoms with Crippen LogP contribution in [0.3, 0.4) is 0 Å². The Bertz CT molecular complexity index is 235. The van der Waals surface area contributed by atoms with Crippen LogP contribution in [-0.4, -0.2) is 47.4 Å². The highest BCUT2D eigenvalue weighted by Gasteiger charge is 2.41. The number of carboxylic acid groups (broad SMARTS) is 1. The van der Waals surface area contributed by atoms with Crippen LogP contribution in [0.15, 0.2) is 0 Å². The average Bonchev–Trinajstić information content (AvgIpc) is 2.87. The zero-order chi connectivity index (χ0) is 10.7. The molecule has 86 valence electrons. The first-order valence-corrected chi connectivity index (χ1v) is 6.56. The Balaban J connectivity index is 1.86. The number of ether oxygens (including phenoxy) is 1. The molecule has 0 aromatic carbocycles. The highest BCUT2D eigenvalue weighted by molar-refractivity contribution is 7.99. The van der Waals surface area contributed by atoms with Gasteiger partial charge in [-0.2, -0.15) is 11.8 Å². The van der Waals surface area contributed by atoms with E-state index in [1.54, 1.807) is 11.8 Å². The first-order valence-electron chi connectivity index (χ1n) is 5.41. The van der Waals surface area contributed by atoms with Crippen molar-refractivity contribution in [2.75, 3.05) is 24.7 Å². The van der Waals surface area contributed by atoms with Gasteiger partial charge in [0.1, 0.15) is 5.54 Å². The molecule has 2 N–H and O–H groups in total. The van der Waals surface area contributed by atoms with Crippen molar-refractivity contribution in [1.82, 2.24) is 5.32 Å². The van der Waals surface area contributed by atoms with Crippen molar-refractivity contribution in [3.05, 3.63) is 0 Å². The third-order valence-electron chi connectivity index (χ3n) is 3.12. The molecule has 0 amide bonds. The van der Waals surface area contributed by atoms with Gasteiger partial charge in [0.2, 0.25) is 0 Å². The van der Waals surface area contributed by atoms with Crippen molar-refractivity contribution in [2.24, 2.45) is 0 Å². The Labute approximate surface area is 93.8 Å². The van der Waals surface area contributed by atoms with Gasteiger partial charge in [0.05, 0.1) is 6.10 Å². The van der Waals surface area contributed by atoms with Gasteiger partial charge in [-0.1, -0.05) is 0 Å². The Morgan fingerprint density at radius 1 is 1.67 bits per heavy atom. The molecule has 2 unspecified atom stereocenters. The van der Waals surface area contributed by atoms with Gasteiger partial charge in [0.25, 0.3) is 0 Å². The van der Waals surface area contributed by atoms with Gasteiger partial charge in [-0.25, -0.2) is 0 Å². The lowest BCUT2D eigenvalue weighted by molar-refractivity contribution is -0.144. The minimum Gasteiger partial charge on any atom is -0.480 e. The minimum absolute atomic E-state index is 0.215. The SMILES string of the molecule is O=C(O)C1(NCC2CCCO2)CCSC1. The number of carboxylic acids is 1. The van der Waals surface area contributed by atoms with Crippen molar-refractivity contribution in [1.29, 1.82) is 0 Å².